The summed E-state index contributed by atoms with van der Waals surface area (Å²) < 4.78 is 21.7. The van der Waals surface area contributed by atoms with Crippen LogP contribution in [0.2, 0.25) is 0 Å². The number of benzene rings is 2. The summed E-state index contributed by atoms with van der Waals surface area (Å²) in [5, 5.41) is 8.24. The van der Waals surface area contributed by atoms with Crippen molar-refractivity contribution in [2.45, 2.75) is 25.7 Å². The third-order valence-corrected chi connectivity index (χ3v) is 4.86. The molecule has 0 fully saturated rings. The van der Waals surface area contributed by atoms with Crippen LogP contribution < -0.4 is 14.2 Å². The normalized spacial score (nSPS) is 10.6. The van der Waals surface area contributed by atoms with Gasteiger partial charge in [0.05, 0.1) is 25.5 Å². The fourth-order valence-corrected chi connectivity index (χ4v) is 3.42. The predicted molar refractivity (Wildman–Crippen MR) is 109 cm³/mol. The first-order valence-electron chi connectivity index (χ1n) is 8.90. The monoisotopic (exact) mass is 414 g/mol. The van der Waals surface area contributed by atoms with Gasteiger partial charge in [0, 0.05) is 0 Å². The molecule has 0 amide bonds. The number of methoxy groups -OCH3 is 2. The van der Waals surface area contributed by atoms with E-state index >= 15 is 0 Å². The molecule has 0 radical (unpaired) electrons. The zero-order valence-corrected chi connectivity index (χ0v) is 17.5. The minimum Gasteiger partial charge on any atom is -0.497 e. The quantitative estimate of drug-likeness (QED) is 0.379. The number of aromatic nitrogens is 2. The lowest BCUT2D eigenvalue weighted by Crippen LogP contribution is -2.05. The van der Waals surface area contributed by atoms with Crippen molar-refractivity contribution in [3.8, 4) is 17.2 Å². The van der Waals surface area contributed by atoms with Crippen LogP contribution in [0.5, 0.6) is 17.2 Å². The van der Waals surface area contributed by atoms with Gasteiger partial charge >= 0.3 is 0 Å². The molecule has 29 heavy (non-hydrogen) atoms. The van der Waals surface area contributed by atoms with Crippen molar-refractivity contribution in [1.82, 2.24) is 10.2 Å². The smallest absolute Gasteiger partial charge is 0.277 e. The maximum atomic E-state index is 12.6. The molecule has 3 aromatic rings. The van der Waals surface area contributed by atoms with E-state index in [1.165, 1.54) is 7.11 Å². The second-order valence-corrected chi connectivity index (χ2v) is 7.28. The highest BCUT2D eigenvalue weighted by atomic mass is 32.2. The zero-order chi connectivity index (χ0) is 20.8. The SMILES string of the molecule is COc1ccc(OC)c(C(=O)CSc2nnc(COc3cc(C)cc(C)c3)o2)c1. The number of Topliss-reactive ketones (excluding diaryl/α,β-unsaturated/α-hetero) is 1. The number of aryl methyl sites for hydroxylation is 2. The lowest BCUT2D eigenvalue weighted by molar-refractivity contribution is 0.101. The molecule has 0 saturated heterocycles. The summed E-state index contributed by atoms with van der Waals surface area (Å²) in [4.78, 5) is 12.6. The number of carbonyl (C=O) groups is 1. The summed E-state index contributed by atoms with van der Waals surface area (Å²) in [6, 6.07) is 11.0. The molecule has 0 aliphatic heterocycles. The summed E-state index contributed by atoms with van der Waals surface area (Å²) in [5.41, 5.74) is 2.68. The molecule has 0 saturated carbocycles. The van der Waals surface area contributed by atoms with Crippen molar-refractivity contribution in [2.24, 2.45) is 0 Å². The molecule has 3 rings (SSSR count). The van der Waals surface area contributed by atoms with Crippen LogP contribution in [0.15, 0.2) is 46.0 Å². The summed E-state index contributed by atoms with van der Waals surface area (Å²) in [5.74, 6) is 2.17. The lowest BCUT2D eigenvalue weighted by atomic mass is 10.1. The van der Waals surface area contributed by atoms with Crippen molar-refractivity contribution in [1.29, 1.82) is 0 Å². The highest BCUT2D eigenvalue weighted by Gasteiger charge is 2.16. The van der Waals surface area contributed by atoms with Gasteiger partial charge in [-0.1, -0.05) is 17.8 Å². The van der Waals surface area contributed by atoms with E-state index < -0.39 is 0 Å². The van der Waals surface area contributed by atoms with Gasteiger partial charge in [-0.3, -0.25) is 4.79 Å². The van der Waals surface area contributed by atoms with Gasteiger partial charge in [0.1, 0.15) is 17.2 Å². The summed E-state index contributed by atoms with van der Waals surface area (Å²) in [6.45, 7) is 4.18. The molecule has 0 bridgehead atoms. The molecular weight excluding hydrogens is 392 g/mol. The van der Waals surface area contributed by atoms with Gasteiger partial charge in [-0.05, 0) is 55.3 Å². The summed E-state index contributed by atoms with van der Waals surface area (Å²) in [7, 11) is 3.07. The number of ketones is 1. The van der Waals surface area contributed by atoms with Crippen LogP contribution in [0.25, 0.3) is 0 Å². The third kappa shape index (κ3) is 5.51. The second kappa shape index (κ2) is 9.47. The Kier molecular flexibility index (Phi) is 6.77. The summed E-state index contributed by atoms with van der Waals surface area (Å²) in [6.07, 6.45) is 0. The topological polar surface area (TPSA) is 83.7 Å². The van der Waals surface area contributed by atoms with Crippen LogP contribution in [-0.2, 0) is 6.61 Å². The van der Waals surface area contributed by atoms with E-state index in [1.807, 2.05) is 26.0 Å². The molecule has 8 heteroatoms. The van der Waals surface area contributed by atoms with E-state index in [2.05, 4.69) is 16.3 Å². The maximum Gasteiger partial charge on any atom is 0.277 e. The fourth-order valence-electron chi connectivity index (χ4n) is 2.75. The third-order valence-electron chi connectivity index (χ3n) is 4.04. The van der Waals surface area contributed by atoms with Crippen molar-refractivity contribution < 1.29 is 23.4 Å². The molecule has 1 aromatic heterocycles. The largest absolute Gasteiger partial charge is 0.497 e. The summed E-state index contributed by atoms with van der Waals surface area (Å²) >= 11 is 1.16. The standard InChI is InChI=1S/C21H22N2O5S/c1-13-7-14(2)9-16(8-13)27-11-20-22-23-21(28-20)29-12-18(24)17-10-15(25-3)5-6-19(17)26-4/h5-10H,11-12H2,1-4H3. The van der Waals surface area contributed by atoms with Crippen LogP contribution in [-0.4, -0.2) is 36.0 Å². The number of carbonyl (C=O) groups excluding carboxylic acids is 1. The number of hydrogen-bond donors (Lipinski definition) is 0. The van der Waals surface area contributed by atoms with Crippen molar-refractivity contribution >= 4 is 17.5 Å². The molecular formula is C21H22N2O5S. The average Bonchev–Trinajstić information content (AvgIpc) is 3.17. The van der Waals surface area contributed by atoms with Gasteiger partial charge in [-0.2, -0.15) is 0 Å². The number of rotatable bonds is 9. The Hall–Kier alpha value is -3.00. The van der Waals surface area contributed by atoms with E-state index in [1.54, 1.807) is 25.3 Å². The van der Waals surface area contributed by atoms with Gasteiger partial charge in [-0.15, -0.1) is 10.2 Å². The van der Waals surface area contributed by atoms with Crippen LogP contribution in [0.1, 0.15) is 27.4 Å². The molecule has 0 atom stereocenters. The molecule has 0 unspecified atom stereocenters. The Balaban J connectivity index is 1.58. The van der Waals surface area contributed by atoms with Gasteiger partial charge < -0.3 is 18.6 Å². The van der Waals surface area contributed by atoms with E-state index in [-0.39, 0.29) is 18.1 Å². The molecule has 7 nitrogen and oxygen atoms in total. The predicted octanol–water partition coefficient (Wildman–Crippen LogP) is 4.26. The number of hydrogen-bond acceptors (Lipinski definition) is 8. The molecule has 2 aromatic carbocycles. The number of thioether (sulfide) groups is 1. The van der Waals surface area contributed by atoms with Crippen molar-refractivity contribution in [2.75, 3.05) is 20.0 Å². The highest BCUT2D eigenvalue weighted by molar-refractivity contribution is 7.99. The van der Waals surface area contributed by atoms with E-state index in [9.17, 15) is 4.79 Å². The van der Waals surface area contributed by atoms with E-state index in [0.717, 1.165) is 28.6 Å². The van der Waals surface area contributed by atoms with Gasteiger partial charge in [-0.25, -0.2) is 0 Å². The van der Waals surface area contributed by atoms with Crippen LogP contribution in [0.3, 0.4) is 0 Å². The Morgan fingerprint density at radius 1 is 1.00 bits per heavy atom. The zero-order valence-electron chi connectivity index (χ0n) is 16.7. The molecule has 0 aliphatic carbocycles. The maximum absolute atomic E-state index is 12.6. The number of ether oxygens (including phenoxy) is 3. The fraction of sp³-hybridized carbons (Fsp3) is 0.286. The minimum atomic E-state index is -0.128. The van der Waals surface area contributed by atoms with E-state index in [0.29, 0.717) is 28.2 Å². The molecule has 0 N–H and O–H groups in total. The number of nitrogens with zero attached hydrogens (tertiary/aromatic N) is 2. The van der Waals surface area contributed by atoms with Crippen molar-refractivity contribution in [3.63, 3.8) is 0 Å². The highest BCUT2D eigenvalue weighted by Crippen LogP contribution is 2.27. The molecule has 1 heterocycles. The Bertz CT molecular complexity index is 982. The lowest BCUT2D eigenvalue weighted by Gasteiger charge is -2.09. The second-order valence-electron chi connectivity index (χ2n) is 6.35. The minimum absolute atomic E-state index is 0.128. The molecule has 0 spiro atoms. The van der Waals surface area contributed by atoms with Gasteiger partial charge in [0.25, 0.3) is 11.1 Å². The van der Waals surface area contributed by atoms with Crippen LogP contribution in [0.4, 0.5) is 0 Å². The van der Waals surface area contributed by atoms with Gasteiger partial charge in [0.15, 0.2) is 12.4 Å². The van der Waals surface area contributed by atoms with Crippen LogP contribution in [0, 0.1) is 13.8 Å². The van der Waals surface area contributed by atoms with E-state index in [4.69, 9.17) is 18.6 Å². The van der Waals surface area contributed by atoms with Crippen LogP contribution >= 0.6 is 11.8 Å². The Labute approximate surface area is 173 Å². The first kappa shape index (κ1) is 20.7. The first-order chi connectivity index (χ1) is 14.0. The van der Waals surface area contributed by atoms with Crippen molar-refractivity contribution in [3.05, 3.63) is 59.0 Å². The Morgan fingerprint density at radius 2 is 1.76 bits per heavy atom. The molecule has 152 valence electrons. The van der Waals surface area contributed by atoms with Gasteiger partial charge in [0.2, 0.25) is 0 Å². The Morgan fingerprint density at radius 3 is 2.45 bits per heavy atom. The average molecular weight is 414 g/mol. The molecule has 0 aliphatic rings. The first-order valence-corrected chi connectivity index (χ1v) is 9.88.